The van der Waals surface area contributed by atoms with Crippen molar-refractivity contribution in [1.29, 1.82) is 0 Å². The van der Waals surface area contributed by atoms with Gasteiger partial charge in [-0.05, 0) is 61.6 Å². The lowest BCUT2D eigenvalue weighted by Crippen LogP contribution is -2.29. The molecule has 1 aliphatic carbocycles. The first-order valence-electron chi connectivity index (χ1n) is 11.1. The van der Waals surface area contributed by atoms with Gasteiger partial charge >= 0.3 is 0 Å². The Morgan fingerprint density at radius 1 is 1.15 bits per heavy atom. The van der Waals surface area contributed by atoms with Gasteiger partial charge in [0, 0.05) is 23.6 Å². The maximum atomic E-state index is 13.6. The van der Waals surface area contributed by atoms with Crippen LogP contribution in [0, 0.1) is 6.92 Å². The molecule has 2 atom stereocenters. The largest absolute Gasteiger partial charge is 0.504 e. The summed E-state index contributed by atoms with van der Waals surface area (Å²) in [7, 11) is 1.64. The topological polar surface area (TPSA) is 93.8 Å². The van der Waals surface area contributed by atoms with E-state index in [2.05, 4.69) is 10.5 Å². The Morgan fingerprint density at radius 2 is 1.91 bits per heavy atom. The molecular formula is C26H26N2O5. The number of carbonyl (C=O) groups excluding carboxylic acids is 1. The molecule has 0 saturated heterocycles. The van der Waals surface area contributed by atoms with E-state index in [4.69, 9.17) is 14.0 Å². The van der Waals surface area contributed by atoms with Gasteiger partial charge in [0.1, 0.15) is 5.75 Å². The fourth-order valence-electron chi connectivity index (χ4n) is 4.90. The lowest BCUT2D eigenvalue weighted by molar-refractivity contribution is -0.116. The summed E-state index contributed by atoms with van der Waals surface area (Å²) >= 11 is 0. The van der Waals surface area contributed by atoms with Crippen LogP contribution in [0.1, 0.15) is 54.0 Å². The average molecular weight is 447 g/mol. The SMILES string of the molecule is CCOc1cc([C@H]2C3=C(C[C@H](c4ccc(OC)cc4)CC3=O)Nc3onc(C)c32)ccc1O. The van der Waals surface area contributed by atoms with Crippen LogP contribution >= 0.6 is 0 Å². The van der Waals surface area contributed by atoms with E-state index in [1.54, 1.807) is 19.2 Å². The van der Waals surface area contributed by atoms with E-state index in [-0.39, 0.29) is 23.4 Å². The first kappa shape index (κ1) is 21.1. The summed E-state index contributed by atoms with van der Waals surface area (Å²) in [5.74, 6) is 1.62. The van der Waals surface area contributed by atoms with E-state index in [0.717, 1.165) is 39.4 Å². The van der Waals surface area contributed by atoms with Crippen LogP contribution in [0.5, 0.6) is 17.2 Å². The molecule has 0 fully saturated rings. The van der Waals surface area contributed by atoms with Crippen molar-refractivity contribution in [2.75, 3.05) is 19.0 Å². The molecule has 2 aromatic carbocycles. The number of aromatic nitrogens is 1. The summed E-state index contributed by atoms with van der Waals surface area (Å²) in [5.41, 5.74) is 5.10. The predicted molar refractivity (Wildman–Crippen MR) is 123 cm³/mol. The number of hydrogen-bond donors (Lipinski definition) is 2. The minimum Gasteiger partial charge on any atom is -0.504 e. The molecule has 2 aliphatic rings. The molecule has 0 spiro atoms. The third kappa shape index (κ3) is 3.63. The Balaban J connectivity index is 1.58. The highest BCUT2D eigenvalue weighted by atomic mass is 16.5. The first-order valence-corrected chi connectivity index (χ1v) is 11.1. The lowest BCUT2D eigenvalue weighted by atomic mass is 9.72. The average Bonchev–Trinajstić information content (AvgIpc) is 3.19. The van der Waals surface area contributed by atoms with Crippen molar-refractivity contribution in [2.24, 2.45) is 0 Å². The molecule has 1 aliphatic heterocycles. The standard InChI is InChI=1S/C26H26N2O5/c1-4-32-22-13-16(7-10-20(22)29)24-23-14(2)28-33-26(23)27-19-11-17(12-21(30)25(19)24)15-5-8-18(31-3)9-6-15/h5-10,13,17,24,27,29H,4,11-12H2,1-3H3/t17-,24+/m0/s1. The number of methoxy groups -OCH3 is 1. The third-order valence-corrected chi connectivity index (χ3v) is 6.46. The van der Waals surface area contributed by atoms with E-state index in [0.29, 0.717) is 31.1 Å². The number of carbonyl (C=O) groups is 1. The van der Waals surface area contributed by atoms with Crippen LogP contribution in [0.3, 0.4) is 0 Å². The molecule has 0 unspecified atom stereocenters. The maximum absolute atomic E-state index is 13.6. The summed E-state index contributed by atoms with van der Waals surface area (Å²) in [6, 6.07) is 13.1. The number of nitrogens with one attached hydrogen (secondary N) is 1. The summed E-state index contributed by atoms with van der Waals surface area (Å²) in [5, 5.41) is 17.7. The number of phenolic OH excluding ortho intramolecular Hbond substituents is 1. The number of ketones is 1. The predicted octanol–water partition coefficient (Wildman–Crippen LogP) is 5.05. The fraction of sp³-hybridized carbons (Fsp3) is 0.308. The van der Waals surface area contributed by atoms with E-state index >= 15 is 0 Å². The molecule has 0 radical (unpaired) electrons. The van der Waals surface area contributed by atoms with E-state index in [9.17, 15) is 9.90 Å². The zero-order chi connectivity index (χ0) is 23.1. The fourth-order valence-corrected chi connectivity index (χ4v) is 4.90. The van der Waals surface area contributed by atoms with Gasteiger partial charge in [-0.3, -0.25) is 4.79 Å². The molecule has 0 bridgehead atoms. The van der Waals surface area contributed by atoms with Crippen LogP contribution in [0.2, 0.25) is 0 Å². The highest BCUT2D eigenvalue weighted by Gasteiger charge is 2.41. The number of phenols is 1. The third-order valence-electron chi connectivity index (χ3n) is 6.46. The van der Waals surface area contributed by atoms with Crippen molar-refractivity contribution in [2.45, 2.75) is 38.5 Å². The molecule has 170 valence electrons. The van der Waals surface area contributed by atoms with Crippen molar-refractivity contribution in [1.82, 2.24) is 5.16 Å². The van der Waals surface area contributed by atoms with Gasteiger partial charge in [0.15, 0.2) is 17.3 Å². The van der Waals surface area contributed by atoms with Crippen molar-refractivity contribution in [3.8, 4) is 17.2 Å². The van der Waals surface area contributed by atoms with E-state index in [1.807, 2.05) is 44.2 Å². The van der Waals surface area contributed by atoms with Gasteiger partial charge in [-0.15, -0.1) is 0 Å². The Bertz CT molecular complexity index is 1240. The zero-order valence-corrected chi connectivity index (χ0v) is 18.8. The summed E-state index contributed by atoms with van der Waals surface area (Å²) in [6.07, 6.45) is 1.10. The zero-order valence-electron chi connectivity index (χ0n) is 18.8. The van der Waals surface area contributed by atoms with Crippen molar-refractivity contribution >= 4 is 11.7 Å². The quantitative estimate of drug-likeness (QED) is 0.566. The molecule has 33 heavy (non-hydrogen) atoms. The van der Waals surface area contributed by atoms with Crippen LogP contribution < -0.4 is 14.8 Å². The van der Waals surface area contributed by atoms with Crippen LogP contribution in [0.25, 0.3) is 0 Å². The first-order chi connectivity index (χ1) is 16.0. The number of allylic oxidation sites excluding steroid dienone is 2. The molecule has 3 aromatic rings. The Labute approximate surface area is 192 Å². The van der Waals surface area contributed by atoms with Gasteiger partial charge in [0.25, 0.3) is 0 Å². The number of ether oxygens (including phenoxy) is 2. The van der Waals surface area contributed by atoms with Gasteiger partial charge in [-0.1, -0.05) is 23.4 Å². The monoisotopic (exact) mass is 446 g/mol. The van der Waals surface area contributed by atoms with Gasteiger partial charge in [0.2, 0.25) is 5.88 Å². The number of anilines is 1. The molecule has 2 heterocycles. The molecule has 0 saturated carbocycles. The number of rotatable bonds is 5. The van der Waals surface area contributed by atoms with Crippen LogP contribution in [-0.2, 0) is 4.79 Å². The van der Waals surface area contributed by atoms with Gasteiger partial charge in [0.05, 0.1) is 25.0 Å². The number of Topliss-reactive ketones (excluding diaryl/α,β-unsaturated/α-hetero) is 1. The number of nitrogens with zero attached hydrogens (tertiary/aromatic N) is 1. The second-order valence-electron chi connectivity index (χ2n) is 8.42. The highest BCUT2D eigenvalue weighted by molar-refractivity contribution is 6.01. The smallest absolute Gasteiger partial charge is 0.233 e. The van der Waals surface area contributed by atoms with Gasteiger partial charge in [-0.25, -0.2) is 0 Å². The molecular weight excluding hydrogens is 420 g/mol. The van der Waals surface area contributed by atoms with E-state index in [1.165, 1.54) is 0 Å². The van der Waals surface area contributed by atoms with E-state index < -0.39 is 0 Å². The Morgan fingerprint density at radius 3 is 2.64 bits per heavy atom. The second kappa shape index (κ2) is 8.31. The lowest BCUT2D eigenvalue weighted by Gasteiger charge is -2.34. The van der Waals surface area contributed by atoms with Crippen LogP contribution in [0.4, 0.5) is 5.88 Å². The summed E-state index contributed by atoms with van der Waals surface area (Å²) in [6.45, 7) is 4.17. The van der Waals surface area contributed by atoms with Crippen LogP contribution in [0.15, 0.2) is 58.3 Å². The van der Waals surface area contributed by atoms with Gasteiger partial charge < -0.3 is 24.4 Å². The minimum atomic E-state index is -0.341. The number of hydrogen-bond acceptors (Lipinski definition) is 7. The summed E-state index contributed by atoms with van der Waals surface area (Å²) in [4.78, 5) is 13.6. The van der Waals surface area contributed by atoms with Crippen molar-refractivity contribution < 1.29 is 23.9 Å². The normalized spacial score (nSPS) is 19.5. The maximum Gasteiger partial charge on any atom is 0.233 e. The molecule has 5 rings (SSSR count). The number of benzene rings is 2. The van der Waals surface area contributed by atoms with Gasteiger partial charge in [-0.2, -0.15) is 0 Å². The van der Waals surface area contributed by atoms with Crippen LogP contribution in [-0.4, -0.2) is 29.8 Å². The summed E-state index contributed by atoms with van der Waals surface area (Å²) < 4.78 is 16.5. The minimum absolute atomic E-state index is 0.0553. The molecule has 2 N–H and O–H groups in total. The number of fused-ring (bicyclic) bond motifs is 1. The number of aryl methyl sites for hydroxylation is 1. The highest BCUT2D eigenvalue weighted by Crippen LogP contribution is 2.50. The van der Waals surface area contributed by atoms with Crippen molar-refractivity contribution in [3.63, 3.8) is 0 Å². The Kier molecular flexibility index (Phi) is 5.32. The van der Waals surface area contributed by atoms with Crippen molar-refractivity contribution in [3.05, 3.63) is 76.1 Å². The Hall–Kier alpha value is -3.74. The molecule has 0 amide bonds. The number of aromatic hydroxyl groups is 1. The molecule has 1 aromatic heterocycles. The molecule has 7 heteroatoms. The molecule has 7 nitrogen and oxygen atoms in total. The second-order valence-corrected chi connectivity index (χ2v) is 8.42.